The molecule has 0 aliphatic carbocycles. The lowest BCUT2D eigenvalue weighted by molar-refractivity contribution is -0.112. The van der Waals surface area contributed by atoms with Crippen LogP contribution in [0.4, 0.5) is 5.69 Å². The molecule has 0 saturated carbocycles. The van der Waals surface area contributed by atoms with Crippen molar-refractivity contribution in [3.63, 3.8) is 0 Å². The van der Waals surface area contributed by atoms with Gasteiger partial charge in [-0.2, -0.15) is 5.26 Å². The van der Waals surface area contributed by atoms with Crippen molar-refractivity contribution in [3.05, 3.63) is 106 Å². The largest absolute Gasteiger partial charge is 0.493 e. The van der Waals surface area contributed by atoms with Crippen LogP contribution in [0.1, 0.15) is 27.8 Å². The molecule has 0 saturated heterocycles. The Balaban J connectivity index is 1.92. The van der Waals surface area contributed by atoms with Gasteiger partial charge in [-0.05, 0) is 67.3 Å². The number of nitriles is 1. The average Bonchev–Trinajstić information content (AvgIpc) is 2.84. The highest BCUT2D eigenvalue weighted by Crippen LogP contribution is 2.35. The number of amides is 1. The lowest BCUT2D eigenvalue weighted by atomic mass is 10.0. The summed E-state index contributed by atoms with van der Waals surface area (Å²) < 4.78 is 11.7. The molecule has 0 aromatic heterocycles. The van der Waals surface area contributed by atoms with E-state index in [2.05, 4.69) is 18.0 Å². The van der Waals surface area contributed by atoms with Crippen LogP contribution in [0.3, 0.4) is 0 Å². The molecule has 178 valence electrons. The molecule has 1 N–H and O–H groups in total. The van der Waals surface area contributed by atoms with Crippen molar-refractivity contribution in [2.45, 2.75) is 26.9 Å². The number of aryl methyl sites for hydroxylation is 1. The Hall–Kier alpha value is -4.01. The zero-order chi connectivity index (χ0) is 25.4. The minimum absolute atomic E-state index is 0.0515. The summed E-state index contributed by atoms with van der Waals surface area (Å²) >= 11 is 6.14. The van der Waals surface area contributed by atoms with E-state index in [0.717, 1.165) is 22.3 Å². The molecule has 0 fully saturated rings. The smallest absolute Gasteiger partial charge is 0.266 e. The Kier molecular flexibility index (Phi) is 8.72. The summed E-state index contributed by atoms with van der Waals surface area (Å²) in [4.78, 5) is 12.8. The number of halogens is 1. The van der Waals surface area contributed by atoms with E-state index in [4.69, 9.17) is 21.1 Å². The summed E-state index contributed by atoms with van der Waals surface area (Å²) in [6.07, 6.45) is 3.81. The molecular formula is C29H27ClN2O3. The predicted octanol–water partition coefficient (Wildman–Crippen LogP) is 6.82. The highest BCUT2D eigenvalue weighted by molar-refractivity contribution is 6.31. The molecule has 3 aromatic rings. The van der Waals surface area contributed by atoms with Gasteiger partial charge in [-0.25, -0.2) is 0 Å². The van der Waals surface area contributed by atoms with E-state index in [0.29, 0.717) is 40.8 Å². The van der Waals surface area contributed by atoms with Crippen LogP contribution in [0.2, 0.25) is 5.02 Å². The number of methoxy groups -OCH3 is 1. The second-order valence-electron chi connectivity index (χ2n) is 8.02. The van der Waals surface area contributed by atoms with Crippen molar-refractivity contribution in [2.24, 2.45) is 0 Å². The SMILES string of the molecule is C=CCc1cc(/C=C(\C#N)C(=O)Nc2cccc(Cl)c2C)cc(OC)c1OCc1cccc(C)c1. The quantitative estimate of drug-likeness (QED) is 0.204. The molecule has 0 heterocycles. The van der Waals surface area contributed by atoms with Crippen LogP contribution in [0.25, 0.3) is 6.08 Å². The average molecular weight is 487 g/mol. The Morgan fingerprint density at radius 1 is 1.17 bits per heavy atom. The Labute approximate surface area is 211 Å². The predicted molar refractivity (Wildman–Crippen MR) is 141 cm³/mol. The monoisotopic (exact) mass is 486 g/mol. The van der Waals surface area contributed by atoms with Crippen LogP contribution in [-0.2, 0) is 17.8 Å². The molecule has 0 bridgehead atoms. The second-order valence-corrected chi connectivity index (χ2v) is 8.43. The minimum Gasteiger partial charge on any atom is -0.493 e. The van der Waals surface area contributed by atoms with E-state index in [1.54, 1.807) is 44.4 Å². The van der Waals surface area contributed by atoms with Gasteiger partial charge >= 0.3 is 0 Å². The van der Waals surface area contributed by atoms with Gasteiger partial charge in [0.05, 0.1) is 7.11 Å². The van der Waals surface area contributed by atoms with E-state index < -0.39 is 5.91 Å². The van der Waals surface area contributed by atoms with E-state index in [1.165, 1.54) is 6.08 Å². The van der Waals surface area contributed by atoms with Crippen LogP contribution >= 0.6 is 11.6 Å². The van der Waals surface area contributed by atoms with Crippen LogP contribution in [0.15, 0.2) is 72.8 Å². The van der Waals surface area contributed by atoms with Gasteiger partial charge in [0.2, 0.25) is 0 Å². The molecule has 0 aliphatic rings. The molecule has 0 aliphatic heterocycles. The van der Waals surface area contributed by atoms with Gasteiger partial charge in [-0.15, -0.1) is 6.58 Å². The molecule has 0 radical (unpaired) electrons. The zero-order valence-electron chi connectivity index (χ0n) is 20.0. The van der Waals surface area contributed by atoms with Gasteiger partial charge in [0.1, 0.15) is 18.2 Å². The van der Waals surface area contributed by atoms with Crippen LogP contribution < -0.4 is 14.8 Å². The summed E-state index contributed by atoms with van der Waals surface area (Å²) in [7, 11) is 1.56. The van der Waals surface area contributed by atoms with Gasteiger partial charge in [-0.1, -0.05) is 53.6 Å². The number of rotatable bonds is 9. The van der Waals surface area contributed by atoms with Crippen LogP contribution in [0.5, 0.6) is 11.5 Å². The Morgan fingerprint density at radius 3 is 2.63 bits per heavy atom. The normalized spacial score (nSPS) is 10.9. The van der Waals surface area contributed by atoms with Crippen molar-refractivity contribution >= 4 is 29.3 Å². The first-order valence-electron chi connectivity index (χ1n) is 11.0. The molecule has 0 atom stereocenters. The Morgan fingerprint density at radius 2 is 1.94 bits per heavy atom. The number of nitrogens with zero attached hydrogens (tertiary/aromatic N) is 1. The highest BCUT2D eigenvalue weighted by Gasteiger charge is 2.16. The number of hydrogen-bond acceptors (Lipinski definition) is 4. The molecule has 1 amide bonds. The number of nitrogens with one attached hydrogen (secondary N) is 1. The highest BCUT2D eigenvalue weighted by atomic mass is 35.5. The van der Waals surface area contributed by atoms with Crippen molar-refractivity contribution < 1.29 is 14.3 Å². The number of carbonyl (C=O) groups is 1. The molecule has 3 rings (SSSR count). The number of ether oxygens (including phenoxy) is 2. The van der Waals surface area contributed by atoms with Gasteiger partial charge in [-0.3, -0.25) is 4.79 Å². The first-order chi connectivity index (χ1) is 16.9. The molecule has 3 aromatic carbocycles. The number of anilines is 1. The Bertz CT molecular complexity index is 1320. The first-order valence-corrected chi connectivity index (χ1v) is 11.4. The summed E-state index contributed by atoms with van der Waals surface area (Å²) in [6.45, 7) is 8.05. The third-order valence-electron chi connectivity index (χ3n) is 5.40. The molecule has 6 heteroatoms. The van der Waals surface area contributed by atoms with Crippen LogP contribution in [0, 0.1) is 25.2 Å². The number of hydrogen-bond donors (Lipinski definition) is 1. The summed E-state index contributed by atoms with van der Waals surface area (Å²) in [5.41, 5.74) is 4.89. The van der Waals surface area contributed by atoms with E-state index in [-0.39, 0.29) is 5.57 Å². The maximum Gasteiger partial charge on any atom is 0.266 e. The van der Waals surface area contributed by atoms with Crippen molar-refractivity contribution in [2.75, 3.05) is 12.4 Å². The lowest BCUT2D eigenvalue weighted by Gasteiger charge is -2.16. The third kappa shape index (κ3) is 6.53. The van der Waals surface area contributed by atoms with E-state index >= 15 is 0 Å². The maximum absolute atomic E-state index is 12.8. The zero-order valence-corrected chi connectivity index (χ0v) is 20.8. The fourth-order valence-electron chi connectivity index (χ4n) is 3.59. The topological polar surface area (TPSA) is 71.4 Å². The summed E-state index contributed by atoms with van der Waals surface area (Å²) in [6, 6.07) is 18.9. The fraction of sp³-hybridized carbons (Fsp3) is 0.172. The first kappa shape index (κ1) is 25.6. The number of carbonyl (C=O) groups excluding carboxylic acids is 1. The van der Waals surface area contributed by atoms with Crippen molar-refractivity contribution in [3.8, 4) is 17.6 Å². The van der Waals surface area contributed by atoms with Crippen molar-refractivity contribution in [1.29, 1.82) is 5.26 Å². The van der Waals surface area contributed by atoms with E-state index in [9.17, 15) is 10.1 Å². The fourth-order valence-corrected chi connectivity index (χ4v) is 3.77. The molecule has 35 heavy (non-hydrogen) atoms. The molecule has 0 spiro atoms. The van der Waals surface area contributed by atoms with Gasteiger partial charge in [0, 0.05) is 16.3 Å². The van der Waals surface area contributed by atoms with E-state index in [1.807, 2.05) is 37.3 Å². The maximum atomic E-state index is 12.8. The van der Waals surface area contributed by atoms with Gasteiger partial charge in [0.25, 0.3) is 5.91 Å². The van der Waals surface area contributed by atoms with Gasteiger partial charge in [0.15, 0.2) is 11.5 Å². The van der Waals surface area contributed by atoms with Crippen LogP contribution in [-0.4, -0.2) is 13.0 Å². The second kappa shape index (κ2) is 11.9. The minimum atomic E-state index is -0.526. The lowest BCUT2D eigenvalue weighted by Crippen LogP contribution is -2.14. The molecule has 5 nitrogen and oxygen atoms in total. The number of benzene rings is 3. The summed E-state index contributed by atoms with van der Waals surface area (Å²) in [5, 5.41) is 13.0. The standard InChI is InChI=1S/C29H27ClN2O3/c1-5-8-23-14-22(15-24(17-31)29(33)32-26-12-7-11-25(30)20(26)3)16-27(34-4)28(23)35-18-21-10-6-9-19(2)13-21/h5-7,9-16H,1,8,18H2,2-4H3,(H,32,33)/b24-15+. The van der Waals surface area contributed by atoms with Gasteiger partial charge < -0.3 is 14.8 Å². The molecule has 0 unspecified atom stereocenters. The third-order valence-corrected chi connectivity index (χ3v) is 5.81. The number of allylic oxidation sites excluding steroid dienone is 1. The van der Waals surface area contributed by atoms with Crippen molar-refractivity contribution in [1.82, 2.24) is 0 Å². The molecular weight excluding hydrogens is 460 g/mol. The summed E-state index contributed by atoms with van der Waals surface area (Å²) in [5.74, 6) is 0.581.